The van der Waals surface area contributed by atoms with Gasteiger partial charge in [-0.3, -0.25) is 4.79 Å². The Hall–Kier alpha value is -3.06. The number of carbonyl (C=O) groups excluding carboxylic acids is 1. The van der Waals surface area contributed by atoms with Crippen LogP contribution in [0.2, 0.25) is 0 Å². The molecular weight excluding hydrogens is 456 g/mol. The third-order valence-corrected chi connectivity index (χ3v) is 9.12. The van der Waals surface area contributed by atoms with Crippen LogP contribution in [-0.4, -0.2) is 26.6 Å². The van der Waals surface area contributed by atoms with Gasteiger partial charge in [-0.15, -0.1) is 21.5 Å². The Bertz CT molecular complexity index is 1360. The lowest BCUT2D eigenvalue weighted by atomic mass is 9.53. The number of carbonyl (C=O) groups is 1. The second-order valence-electron chi connectivity index (χ2n) is 10.8. The normalized spacial score (nSPS) is 26.9. The molecule has 2 heterocycles. The molecule has 4 saturated carbocycles. The van der Waals surface area contributed by atoms with E-state index in [1.807, 2.05) is 18.2 Å². The predicted octanol–water partition coefficient (Wildman–Crippen LogP) is 5.56. The van der Waals surface area contributed by atoms with Crippen molar-refractivity contribution in [1.29, 1.82) is 0 Å². The van der Waals surface area contributed by atoms with Crippen LogP contribution in [0, 0.1) is 17.8 Å². The van der Waals surface area contributed by atoms with Crippen LogP contribution in [0.5, 0.6) is 0 Å². The topological polar surface area (TPSA) is 80.9 Å². The highest BCUT2D eigenvalue weighted by Gasteiger charge is 2.51. The summed E-state index contributed by atoms with van der Waals surface area (Å²) >= 11 is 1.64. The Morgan fingerprint density at radius 1 is 0.943 bits per heavy atom. The summed E-state index contributed by atoms with van der Waals surface area (Å²) in [5, 5.41) is 12.7. The molecule has 178 valence electrons. The third-order valence-electron chi connectivity index (χ3n) is 8.11. The molecule has 8 rings (SSSR count). The molecule has 4 fully saturated rings. The number of amides is 1. The maximum Gasteiger partial charge on any atom is 0.229 e. The lowest BCUT2D eigenvalue weighted by Crippen LogP contribution is -2.60. The highest BCUT2D eigenvalue weighted by atomic mass is 32.1. The van der Waals surface area contributed by atoms with Crippen molar-refractivity contribution in [1.82, 2.24) is 20.5 Å². The minimum atomic E-state index is 0.00822. The van der Waals surface area contributed by atoms with Gasteiger partial charge in [0.1, 0.15) is 11.4 Å². The molecule has 1 amide bonds. The number of aromatic nitrogens is 3. The van der Waals surface area contributed by atoms with Crippen molar-refractivity contribution >= 4 is 27.5 Å². The predicted molar refractivity (Wildman–Crippen MR) is 135 cm³/mol. The molecule has 2 aromatic carbocycles. The zero-order valence-electron chi connectivity index (χ0n) is 19.6. The molecule has 35 heavy (non-hydrogen) atoms. The van der Waals surface area contributed by atoms with Crippen molar-refractivity contribution in [3.05, 3.63) is 65.3 Å². The van der Waals surface area contributed by atoms with E-state index in [2.05, 4.69) is 45.8 Å². The van der Waals surface area contributed by atoms with Crippen molar-refractivity contribution in [2.45, 2.75) is 56.9 Å². The van der Waals surface area contributed by atoms with E-state index in [0.717, 1.165) is 52.2 Å². The van der Waals surface area contributed by atoms with Gasteiger partial charge in [0.05, 0.1) is 16.6 Å². The van der Waals surface area contributed by atoms with Gasteiger partial charge in [0.15, 0.2) is 0 Å². The number of benzene rings is 2. The molecule has 2 aromatic heterocycles. The van der Waals surface area contributed by atoms with Gasteiger partial charge in [-0.05, 0) is 79.5 Å². The van der Waals surface area contributed by atoms with E-state index >= 15 is 0 Å². The van der Waals surface area contributed by atoms with Crippen molar-refractivity contribution in [2.24, 2.45) is 17.8 Å². The van der Waals surface area contributed by atoms with Gasteiger partial charge in [-0.25, -0.2) is 4.98 Å². The monoisotopic (exact) mass is 484 g/mol. The molecule has 4 aliphatic carbocycles. The lowest BCUT2D eigenvalue weighted by molar-refractivity contribution is -0.126. The zero-order valence-corrected chi connectivity index (χ0v) is 20.4. The summed E-state index contributed by atoms with van der Waals surface area (Å²) in [4.78, 5) is 17.6. The SMILES string of the molecule is O=C(Cc1nnc(Cc2nc3ccc(-c4ccccc4)cc3s2)o1)NC12CC3CC(CC(C3)C1)C2. The summed E-state index contributed by atoms with van der Waals surface area (Å²) in [6.07, 6.45) is 8.14. The molecule has 0 unspecified atom stereocenters. The maximum absolute atomic E-state index is 12.9. The number of nitrogens with zero attached hydrogens (tertiary/aromatic N) is 3. The fraction of sp³-hybridized carbons (Fsp3) is 0.429. The number of rotatable bonds is 6. The van der Waals surface area contributed by atoms with Gasteiger partial charge in [0.2, 0.25) is 17.7 Å². The van der Waals surface area contributed by atoms with E-state index in [9.17, 15) is 4.79 Å². The van der Waals surface area contributed by atoms with E-state index in [-0.39, 0.29) is 17.9 Å². The van der Waals surface area contributed by atoms with Crippen LogP contribution in [0.4, 0.5) is 0 Å². The number of thiazole rings is 1. The fourth-order valence-corrected chi connectivity index (χ4v) is 8.16. The quantitative estimate of drug-likeness (QED) is 0.387. The lowest BCUT2D eigenvalue weighted by Gasteiger charge is -2.56. The molecular formula is C28H28N4O2S. The largest absolute Gasteiger partial charge is 0.424 e. The van der Waals surface area contributed by atoms with Crippen LogP contribution >= 0.6 is 11.3 Å². The van der Waals surface area contributed by atoms with E-state index in [1.54, 1.807) is 11.3 Å². The molecule has 0 saturated heterocycles. The Kier molecular flexibility index (Phi) is 5.01. The van der Waals surface area contributed by atoms with E-state index in [1.165, 1.54) is 30.4 Å². The van der Waals surface area contributed by atoms with Gasteiger partial charge in [-0.2, -0.15) is 0 Å². The minimum absolute atomic E-state index is 0.00822. The van der Waals surface area contributed by atoms with Crippen molar-refractivity contribution in [3.63, 3.8) is 0 Å². The fourth-order valence-electron chi connectivity index (χ4n) is 7.16. The number of nitrogens with one attached hydrogen (secondary N) is 1. The number of fused-ring (bicyclic) bond motifs is 1. The maximum atomic E-state index is 12.9. The van der Waals surface area contributed by atoms with Gasteiger partial charge in [0, 0.05) is 5.54 Å². The molecule has 0 radical (unpaired) electrons. The summed E-state index contributed by atoms with van der Waals surface area (Å²) in [6, 6.07) is 16.7. The second kappa shape index (κ2) is 8.26. The van der Waals surface area contributed by atoms with Gasteiger partial charge in [0.25, 0.3) is 0 Å². The van der Waals surface area contributed by atoms with Crippen LogP contribution in [-0.2, 0) is 17.6 Å². The molecule has 0 aliphatic heterocycles. The first-order valence-electron chi connectivity index (χ1n) is 12.7. The smallest absolute Gasteiger partial charge is 0.229 e. The summed E-state index contributed by atoms with van der Waals surface area (Å²) in [5.74, 6) is 3.30. The first-order valence-corrected chi connectivity index (χ1v) is 13.5. The number of hydrogen-bond donors (Lipinski definition) is 1. The van der Waals surface area contributed by atoms with Gasteiger partial charge >= 0.3 is 0 Å². The Balaban J connectivity index is 1.01. The third kappa shape index (κ3) is 4.16. The van der Waals surface area contributed by atoms with E-state index < -0.39 is 0 Å². The molecule has 4 aliphatic rings. The van der Waals surface area contributed by atoms with Crippen LogP contribution in [0.1, 0.15) is 55.3 Å². The second-order valence-corrected chi connectivity index (χ2v) is 12.0. The standard InChI is InChI=1S/C28H28N4O2S/c33-24(30-28-14-17-8-18(15-28)10-19(9-17)16-28)12-25-31-32-26(34-25)13-27-29-22-7-6-21(11-23(22)35-27)20-4-2-1-3-5-20/h1-7,11,17-19H,8-10,12-16H2,(H,30,33). The molecule has 0 spiro atoms. The Morgan fingerprint density at radius 3 is 2.40 bits per heavy atom. The molecule has 4 aromatic rings. The van der Waals surface area contributed by atoms with Gasteiger partial charge in [-0.1, -0.05) is 36.4 Å². The molecule has 4 bridgehead atoms. The Labute approximate surface area is 208 Å². The van der Waals surface area contributed by atoms with Crippen molar-refractivity contribution in [2.75, 3.05) is 0 Å². The zero-order chi connectivity index (χ0) is 23.4. The first-order chi connectivity index (χ1) is 17.1. The summed E-state index contributed by atoms with van der Waals surface area (Å²) in [7, 11) is 0. The highest BCUT2D eigenvalue weighted by Crippen LogP contribution is 2.55. The van der Waals surface area contributed by atoms with Crippen molar-refractivity contribution < 1.29 is 9.21 Å². The van der Waals surface area contributed by atoms with Crippen LogP contribution in [0.3, 0.4) is 0 Å². The molecule has 7 heteroatoms. The Morgan fingerprint density at radius 2 is 1.66 bits per heavy atom. The average molecular weight is 485 g/mol. The first kappa shape index (κ1) is 21.2. The van der Waals surface area contributed by atoms with Crippen LogP contribution < -0.4 is 5.32 Å². The molecule has 6 nitrogen and oxygen atoms in total. The van der Waals surface area contributed by atoms with E-state index in [0.29, 0.717) is 18.2 Å². The highest BCUT2D eigenvalue weighted by molar-refractivity contribution is 7.18. The van der Waals surface area contributed by atoms with Crippen LogP contribution in [0.15, 0.2) is 52.9 Å². The minimum Gasteiger partial charge on any atom is -0.424 e. The van der Waals surface area contributed by atoms with Crippen molar-refractivity contribution in [3.8, 4) is 11.1 Å². The molecule has 1 N–H and O–H groups in total. The average Bonchev–Trinajstić information content (AvgIpc) is 3.43. The summed E-state index contributed by atoms with van der Waals surface area (Å²) in [5.41, 5.74) is 3.35. The molecule has 0 atom stereocenters. The summed E-state index contributed by atoms with van der Waals surface area (Å²) in [6.45, 7) is 0. The van der Waals surface area contributed by atoms with Crippen LogP contribution in [0.25, 0.3) is 21.3 Å². The van der Waals surface area contributed by atoms with Gasteiger partial charge < -0.3 is 9.73 Å². The number of hydrogen-bond acceptors (Lipinski definition) is 6. The van der Waals surface area contributed by atoms with E-state index in [4.69, 9.17) is 9.40 Å². The summed E-state index contributed by atoms with van der Waals surface area (Å²) < 4.78 is 6.99.